The molecule has 1 aliphatic heterocycles. The van der Waals surface area contributed by atoms with E-state index in [4.69, 9.17) is 4.74 Å². The van der Waals surface area contributed by atoms with Crippen LogP contribution in [0.1, 0.15) is 37.7 Å². The Morgan fingerprint density at radius 3 is 2.57 bits per heavy atom. The summed E-state index contributed by atoms with van der Waals surface area (Å²) in [5, 5.41) is 0. The molecule has 0 N–H and O–H groups in total. The van der Waals surface area contributed by atoms with Gasteiger partial charge in [0, 0.05) is 30.7 Å². The summed E-state index contributed by atoms with van der Waals surface area (Å²) in [6.07, 6.45) is 4.27. The number of benzene rings is 1. The van der Waals surface area contributed by atoms with Gasteiger partial charge in [-0.05, 0) is 31.0 Å². The van der Waals surface area contributed by atoms with Gasteiger partial charge in [0.05, 0.1) is 7.11 Å². The molecule has 7 nitrogen and oxygen atoms in total. The van der Waals surface area contributed by atoms with Crippen LogP contribution in [0.15, 0.2) is 22.7 Å². The molecule has 2 aliphatic rings. The SMILES string of the molecule is COc1ccc(Br)cc1CN(C)C(=O)CN1C(=O)N(C)C2(CCCCC2)C1=O. The summed E-state index contributed by atoms with van der Waals surface area (Å²) >= 11 is 3.42. The number of likely N-dealkylation sites (N-methyl/N-ethyl adjacent to an activating group) is 2. The van der Waals surface area contributed by atoms with Gasteiger partial charge in [-0.1, -0.05) is 35.2 Å². The van der Waals surface area contributed by atoms with Gasteiger partial charge in [-0.25, -0.2) is 4.79 Å². The topological polar surface area (TPSA) is 70.2 Å². The highest BCUT2D eigenvalue weighted by atomic mass is 79.9. The third-order valence-electron chi connectivity index (χ3n) is 5.85. The molecule has 1 spiro atoms. The molecule has 1 aromatic rings. The molecule has 0 bridgehead atoms. The van der Waals surface area contributed by atoms with E-state index < -0.39 is 5.54 Å². The quantitative estimate of drug-likeness (QED) is 0.645. The van der Waals surface area contributed by atoms with Crippen LogP contribution in [0.25, 0.3) is 0 Å². The zero-order valence-corrected chi connectivity index (χ0v) is 18.1. The van der Waals surface area contributed by atoms with Crippen LogP contribution in [0.2, 0.25) is 0 Å². The maximum Gasteiger partial charge on any atom is 0.327 e. The highest BCUT2D eigenvalue weighted by Gasteiger charge is 2.55. The van der Waals surface area contributed by atoms with Crippen LogP contribution in [-0.2, 0) is 16.1 Å². The summed E-state index contributed by atoms with van der Waals surface area (Å²) in [6.45, 7) is 0.0786. The largest absolute Gasteiger partial charge is 0.496 e. The Morgan fingerprint density at radius 2 is 1.93 bits per heavy atom. The Morgan fingerprint density at radius 1 is 1.25 bits per heavy atom. The molecule has 2 fully saturated rings. The van der Waals surface area contributed by atoms with Crippen LogP contribution in [0.5, 0.6) is 5.75 Å². The minimum Gasteiger partial charge on any atom is -0.496 e. The minimum absolute atomic E-state index is 0.235. The lowest BCUT2D eigenvalue weighted by atomic mass is 9.81. The van der Waals surface area contributed by atoms with E-state index in [1.54, 1.807) is 26.1 Å². The summed E-state index contributed by atoms with van der Waals surface area (Å²) < 4.78 is 6.24. The van der Waals surface area contributed by atoms with Crippen molar-refractivity contribution in [2.24, 2.45) is 0 Å². The molecule has 0 unspecified atom stereocenters. The van der Waals surface area contributed by atoms with Gasteiger partial charge in [0.15, 0.2) is 0 Å². The molecule has 1 aromatic carbocycles. The standard InChI is InChI=1S/C20H26BrN3O4/c1-22(12-14-11-15(21)7-8-16(14)28-3)17(25)13-24-18(26)20(23(2)19(24)27)9-5-4-6-10-20/h7-8,11H,4-6,9-10,12-13H2,1-3H3. The Hall–Kier alpha value is -2.09. The molecule has 0 aromatic heterocycles. The van der Waals surface area contributed by atoms with Crippen LogP contribution in [0.3, 0.4) is 0 Å². The first-order valence-electron chi connectivity index (χ1n) is 9.46. The number of urea groups is 1. The number of hydrogen-bond acceptors (Lipinski definition) is 4. The van der Waals surface area contributed by atoms with Gasteiger partial charge in [-0.15, -0.1) is 0 Å². The fourth-order valence-electron chi connectivity index (χ4n) is 4.14. The monoisotopic (exact) mass is 451 g/mol. The van der Waals surface area contributed by atoms with Crippen LogP contribution in [0.4, 0.5) is 4.79 Å². The van der Waals surface area contributed by atoms with Crippen molar-refractivity contribution in [2.75, 3.05) is 27.7 Å². The number of amides is 4. The van der Waals surface area contributed by atoms with Crippen LogP contribution >= 0.6 is 15.9 Å². The second-order valence-corrected chi connectivity index (χ2v) is 8.45. The second kappa shape index (κ2) is 8.11. The molecular weight excluding hydrogens is 426 g/mol. The summed E-state index contributed by atoms with van der Waals surface area (Å²) in [6, 6.07) is 5.20. The summed E-state index contributed by atoms with van der Waals surface area (Å²) in [4.78, 5) is 42.6. The van der Waals surface area contributed by atoms with E-state index in [1.807, 2.05) is 18.2 Å². The van der Waals surface area contributed by atoms with E-state index >= 15 is 0 Å². The molecule has 0 atom stereocenters. The van der Waals surface area contributed by atoms with Crippen molar-refractivity contribution < 1.29 is 19.1 Å². The van der Waals surface area contributed by atoms with E-state index in [2.05, 4.69) is 15.9 Å². The first-order valence-corrected chi connectivity index (χ1v) is 10.3. The van der Waals surface area contributed by atoms with Gasteiger partial charge in [0.2, 0.25) is 5.91 Å². The second-order valence-electron chi connectivity index (χ2n) is 7.53. The van der Waals surface area contributed by atoms with Crippen molar-refractivity contribution in [3.63, 3.8) is 0 Å². The highest BCUT2D eigenvalue weighted by Crippen LogP contribution is 2.39. The predicted molar refractivity (Wildman–Crippen MR) is 108 cm³/mol. The van der Waals surface area contributed by atoms with E-state index in [1.165, 1.54) is 4.90 Å². The molecule has 1 saturated carbocycles. The first-order chi connectivity index (χ1) is 13.3. The van der Waals surface area contributed by atoms with Gasteiger partial charge in [0.25, 0.3) is 5.91 Å². The van der Waals surface area contributed by atoms with E-state index in [0.29, 0.717) is 25.1 Å². The number of rotatable bonds is 5. The van der Waals surface area contributed by atoms with Crippen molar-refractivity contribution in [1.82, 2.24) is 14.7 Å². The highest BCUT2D eigenvalue weighted by molar-refractivity contribution is 9.10. The molecule has 1 heterocycles. The van der Waals surface area contributed by atoms with Crippen molar-refractivity contribution in [3.8, 4) is 5.75 Å². The Balaban J connectivity index is 1.71. The molecule has 152 valence electrons. The van der Waals surface area contributed by atoms with Crippen LogP contribution < -0.4 is 4.74 Å². The summed E-state index contributed by atoms with van der Waals surface area (Å²) in [5.41, 5.74) is 0.0782. The number of halogens is 1. The third-order valence-corrected chi connectivity index (χ3v) is 6.35. The Bertz CT molecular complexity index is 792. The maximum atomic E-state index is 13.0. The smallest absolute Gasteiger partial charge is 0.327 e. The predicted octanol–water partition coefficient (Wildman–Crippen LogP) is 3.01. The normalized spacial score (nSPS) is 18.7. The molecular formula is C20H26BrN3O4. The fraction of sp³-hybridized carbons (Fsp3) is 0.550. The number of carbonyl (C=O) groups is 3. The number of hydrogen-bond donors (Lipinski definition) is 0. The molecule has 4 amide bonds. The van der Waals surface area contributed by atoms with Crippen LogP contribution in [-0.4, -0.2) is 65.8 Å². The lowest BCUT2D eigenvalue weighted by molar-refractivity contribution is -0.140. The van der Waals surface area contributed by atoms with Gasteiger partial charge < -0.3 is 14.5 Å². The van der Waals surface area contributed by atoms with Gasteiger partial charge in [0.1, 0.15) is 17.8 Å². The number of nitrogens with zero attached hydrogens (tertiary/aromatic N) is 3. The summed E-state index contributed by atoms with van der Waals surface area (Å²) in [7, 11) is 4.91. The van der Waals surface area contributed by atoms with Crippen LogP contribution in [0, 0.1) is 0 Å². The van der Waals surface area contributed by atoms with E-state index in [9.17, 15) is 14.4 Å². The third kappa shape index (κ3) is 3.62. The zero-order valence-electron chi connectivity index (χ0n) is 16.5. The van der Waals surface area contributed by atoms with Gasteiger partial charge in [-0.3, -0.25) is 14.5 Å². The van der Waals surface area contributed by atoms with E-state index in [0.717, 1.165) is 34.2 Å². The number of carbonyl (C=O) groups excluding carboxylic acids is 3. The summed E-state index contributed by atoms with van der Waals surface area (Å²) in [5.74, 6) is 0.156. The number of methoxy groups -OCH3 is 1. The lowest BCUT2D eigenvalue weighted by Gasteiger charge is -2.35. The van der Waals surface area contributed by atoms with Crippen molar-refractivity contribution in [3.05, 3.63) is 28.2 Å². The molecule has 8 heteroatoms. The molecule has 3 rings (SSSR count). The Kier molecular flexibility index (Phi) is 5.98. The number of ether oxygens (including phenoxy) is 1. The fourth-order valence-corrected chi connectivity index (χ4v) is 4.55. The molecule has 1 saturated heterocycles. The average molecular weight is 452 g/mol. The van der Waals surface area contributed by atoms with Crippen molar-refractivity contribution >= 4 is 33.8 Å². The maximum absolute atomic E-state index is 13.0. The lowest BCUT2D eigenvalue weighted by Crippen LogP contribution is -2.49. The van der Waals surface area contributed by atoms with Crippen molar-refractivity contribution in [2.45, 2.75) is 44.2 Å². The van der Waals surface area contributed by atoms with Gasteiger partial charge in [-0.2, -0.15) is 0 Å². The zero-order chi connectivity index (χ0) is 20.5. The molecule has 0 radical (unpaired) electrons. The Labute approximate surface area is 173 Å². The number of imide groups is 1. The van der Waals surface area contributed by atoms with E-state index in [-0.39, 0.29) is 24.4 Å². The van der Waals surface area contributed by atoms with Gasteiger partial charge >= 0.3 is 6.03 Å². The first kappa shape index (κ1) is 20.6. The minimum atomic E-state index is -0.762. The molecule has 28 heavy (non-hydrogen) atoms. The average Bonchev–Trinajstić information content (AvgIpc) is 2.85. The van der Waals surface area contributed by atoms with Crippen molar-refractivity contribution in [1.29, 1.82) is 0 Å². The molecule has 1 aliphatic carbocycles.